The van der Waals surface area contributed by atoms with Crippen LogP contribution in [-0.4, -0.2) is 29.4 Å². The van der Waals surface area contributed by atoms with Crippen molar-refractivity contribution < 1.29 is 4.79 Å². The fourth-order valence-corrected chi connectivity index (χ4v) is 3.35. The Kier molecular flexibility index (Phi) is 4.58. The van der Waals surface area contributed by atoms with Gasteiger partial charge in [-0.25, -0.2) is 0 Å². The average molecular weight is 323 g/mol. The van der Waals surface area contributed by atoms with Crippen molar-refractivity contribution in [2.75, 3.05) is 18.8 Å². The number of anilines is 1. The minimum atomic E-state index is -0.312. The zero-order chi connectivity index (χ0) is 17.2. The Hall–Kier alpha value is -2.33. The lowest BCUT2D eigenvalue weighted by Crippen LogP contribution is -2.52. The number of nitrogens with zero attached hydrogens (tertiary/aromatic N) is 1. The van der Waals surface area contributed by atoms with Crippen molar-refractivity contribution in [1.29, 1.82) is 0 Å². The molecule has 0 fully saturated rings. The molecule has 24 heavy (non-hydrogen) atoms. The maximum absolute atomic E-state index is 12.5. The Labute approximate surface area is 143 Å². The number of amides is 1. The van der Waals surface area contributed by atoms with E-state index in [-0.39, 0.29) is 11.4 Å². The van der Waals surface area contributed by atoms with Gasteiger partial charge in [0.1, 0.15) is 0 Å². The third-order valence-electron chi connectivity index (χ3n) is 4.43. The number of rotatable bonds is 4. The van der Waals surface area contributed by atoms with E-state index in [0.29, 0.717) is 11.3 Å². The van der Waals surface area contributed by atoms with Gasteiger partial charge in [-0.1, -0.05) is 30.3 Å². The van der Waals surface area contributed by atoms with Crippen LogP contribution in [0.1, 0.15) is 35.3 Å². The summed E-state index contributed by atoms with van der Waals surface area (Å²) in [7, 11) is 0. The minimum absolute atomic E-state index is 0.0790. The predicted molar refractivity (Wildman–Crippen MR) is 97.8 cm³/mol. The largest absolute Gasteiger partial charge is 0.399 e. The van der Waals surface area contributed by atoms with Crippen LogP contribution < -0.4 is 11.1 Å². The lowest BCUT2D eigenvalue weighted by atomic mass is 9.97. The summed E-state index contributed by atoms with van der Waals surface area (Å²) in [5.41, 5.74) is 9.49. The minimum Gasteiger partial charge on any atom is -0.399 e. The first-order valence-corrected chi connectivity index (χ1v) is 8.40. The molecule has 4 heteroatoms. The lowest BCUT2D eigenvalue weighted by molar-refractivity contribution is 0.0881. The molecule has 0 atom stereocenters. The number of hydrogen-bond donors (Lipinski definition) is 2. The van der Waals surface area contributed by atoms with Crippen LogP contribution in [0.5, 0.6) is 0 Å². The second-order valence-electron chi connectivity index (χ2n) is 7.19. The molecule has 1 aliphatic heterocycles. The molecule has 2 aromatic rings. The fraction of sp³-hybridized carbons (Fsp3) is 0.350. The zero-order valence-corrected chi connectivity index (χ0v) is 14.4. The Morgan fingerprint density at radius 2 is 1.92 bits per heavy atom. The third-order valence-corrected chi connectivity index (χ3v) is 4.43. The van der Waals surface area contributed by atoms with Crippen molar-refractivity contribution in [1.82, 2.24) is 10.2 Å². The number of benzene rings is 2. The summed E-state index contributed by atoms with van der Waals surface area (Å²) in [4.78, 5) is 14.9. The van der Waals surface area contributed by atoms with Crippen LogP contribution in [0.25, 0.3) is 0 Å². The van der Waals surface area contributed by atoms with E-state index in [4.69, 9.17) is 5.73 Å². The first-order chi connectivity index (χ1) is 11.4. The Bertz CT molecular complexity index is 739. The van der Waals surface area contributed by atoms with Crippen molar-refractivity contribution in [2.45, 2.75) is 32.4 Å². The Morgan fingerprint density at radius 3 is 2.67 bits per heavy atom. The Balaban J connectivity index is 1.63. The van der Waals surface area contributed by atoms with Gasteiger partial charge in [0.15, 0.2) is 0 Å². The fourth-order valence-electron chi connectivity index (χ4n) is 3.35. The smallest absolute Gasteiger partial charge is 0.251 e. The molecule has 1 heterocycles. The highest BCUT2D eigenvalue weighted by Gasteiger charge is 2.26. The van der Waals surface area contributed by atoms with Gasteiger partial charge in [0, 0.05) is 36.4 Å². The lowest BCUT2D eigenvalue weighted by Gasteiger charge is -2.36. The SMILES string of the molecule is CC(C)(CN1CCc2ccccc2C1)NC(=O)c1cccc(N)c1. The van der Waals surface area contributed by atoms with Gasteiger partial charge in [-0.15, -0.1) is 0 Å². The summed E-state index contributed by atoms with van der Waals surface area (Å²) in [6.45, 7) is 6.91. The molecule has 1 aliphatic rings. The van der Waals surface area contributed by atoms with Gasteiger partial charge >= 0.3 is 0 Å². The molecular weight excluding hydrogens is 298 g/mol. The van der Waals surface area contributed by atoms with E-state index in [9.17, 15) is 4.79 Å². The van der Waals surface area contributed by atoms with Gasteiger partial charge in [-0.2, -0.15) is 0 Å². The second-order valence-corrected chi connectivity index (χ2v) is 7.19. The van der Waals surface area contributed by atoms with E-state index in [0.717, 1.165) is 26.1 Å². The first kappa shape index (κ1) is 16.5. The monoisotopic (exact) mass is 323 g/mol. The number of nitrogens with one attached hydrogen (secondary N) is 1. The zero-order valence-electron chi connectivity index (χ0n) is 14.4. The van der Waals surface area contributed by atoms with Crippen LogP contribution in [-0.2, 0) is 13.0 Å². The standard InChI is InChI=1S/C20H25N3O/c1-20(2,22-19(24)16-8-5-9-18(21)12-16)14-23-11-10-15-6-3-4-7-17(15)13-23/h3-9,12H,10-11,13-14,21H2,1-2H3,(H,22,24). The molecule has 3 N–H and O–H groups in total. The van der Waals surface area contributed by atoms with Crippen molar-refractivity contribution in [3.63, 3.8) is 0 Å². The van der Waals surface area contributed by atoms with Gasteiger partial charge in [0.05, 0.1) is 0 Å². The van der Waals surface area contributed by atoms with Crippen LogP contribution in [0, 0.1) is 0 Å². The number of fused-ring (bicyclic) bond motifs is 1. The summed E-state index contributed by atoms with van der Waals surface area (Å²) >= 11 is 0. The first-order valence-electron chi connectivity index (χ1n) is 8.40. The normalized spacial score (nSPS) is 14.9. The van der Waals surface area contributed by atoms with E-state index < -0.39 is 0 Å². The second kappa shape index (κ2) is 6.65. The van der Waals surface area contributed by atoms with Crippen LogP contribution in [0.3, 0.4) is 0 Å². The Morgan fingerprint density at radius 1 is 1.17 bits per heavy atom. The van der Waals surface area contributed by atoms with Crippen LogP contribution in [0.4, 0.5) is 5.69 Å². The number of nitrogens with two attached hydrogens (primary N) is 1. The highest BCUT2D eigenvalue weighted by atomic mass is 16.1. The van der Waals surface area contributed by atoms with Gasteiger partial charge in [0.25, 0.3) is 5.91 Å². The molecule has 2 aromatic carbocycles. The molecule has 3 rings (SSSR count). The van der Waals surface area contributed by atoms with Crippen LogP contribution in [0.15, 0.2) is 48.5 Å². The van der Waals surface area contributed by atoms with E-state index >= 15 is 0 Å². The average Bonchev–Trinajstić information content (AvgIpc) is 2.54. The molecule has 0 unspecified atom stereocenters. The van der Waals surface area contributed by atoms with E-state index in [1.165, 1.54) is 11.1 Å². The number of hydrogen-bond acceptors (Lipinski definition) is 3. The van der Waals surface area contributed by atoms with Gasteiger partial charge in [-0.3, -0.25) is 9.69 Å². The van der Waals surface area contributed by atoms with Crippen molar-refractivity contribution in [2.24, 2.45) is 0 Å². The van der Waals surface area contributed by atoms with Gasteiger partial charge < -0.3 is 11.1 Å². The van der Waals surface area contributed by atoms with Crippen molar-refractivity contribution in [3.05, 3.63) is 65.2 Å². The van der Waals surface area contributed by atoms with Crippen LogP contribution >= 0.6 is 0 Å². The quantitative estimate of drug-likeness (QED) is 0.851. The third kappa shape index (κ3) is 3.95. The van der Waals surface area contributed by atoms with E-state index in [2.05, 4.69) is 48.3 Å². The maximum Gasteiger partial charge on any atom is 0.251 e. The topological polar surface area (TPSA) is 58.4 Å². The molecule has 0 bridgehead atoms. The number of carbonyl (C=O) groups excluding carboxylic acids is 1. The molecule has 0 saturated heterocycles. The van der Waals surface area contributed by atoms with E-state index in [1.807, 2.05) is 0 Å². The van der Waals surface area contributed by atoms with Crippen molar-refractivity contribution >= 4 is 11.6 Å². The molecule has 126 valence electrons. The maximum atomic E-state index is 12.5. The number of carbonyl (C=O) groups is 1. The molecule has 0 aromatic heterocycles. The molecule has 0 saturated carbocycles. The molecule has 0 radical (unpaired) electrons. The summed E-state index contributed by atoms with van der Waals surface area (Å²) in [6, 6.07) is 15.7. The molecule has 4 nitrogen and oxygen atoms in total. The summed E-state index contributed by atoms with van der Waals surface area (Å²) in [5, 5.41) is 3.13. The molecule has 1 amide bonds. The predicted octanol–water partition coefficient (Wildman–Crippen LogP) is 2.84. The number of nitrogen functional groups attached to an aromatic ring is 1. The van der Waals surface area contributed by atoms with Crippen LogP contribution in [0.2, 0.25) is 0 Å². The van der Waals surface area contributed by atoms with Gasteiger partial charge in [0.2, 0.25) is 0 Å². The van der Waals surface area contributed by atoms with E-state index in [1.54, 1.807) is 24.3 Å². The summed E-state index contributed by atoms with van der Waals surface area (Å²) < 4.78 is 0. The highest BCUT2D eigenvalue weighted by molar-refractivity contribution is 5.95. The van der Waals surface area contributed by atoms with Gasteiger partial charge in [-0.05, 0) is 49.6 Å². The summed E-state index contributed by atoms with van der Waals surface area (Å²) in [6.07, 6.45) is 1.06. The highest BCUT2D eigenvalue weighted by Crippen LogP contribution is 2.20. The van der Waals surface area contributed by atoms with Crippen molar-refractivity contribution in [3.8, 4) is 0 Å². The molecule has 0 spiro atoms. The molecular formula is C20H25N3O. The summed E-state index contributed by atoms with van der Waals surface area (Å²) in [5.74, 6) is -0.0790. The molecule has 0 aliphatic carbocycles.